The van der Waals surface area contributed by atoms with Crippen LogP contribution in [0.15, 0.2) is 24.4 Å². The first-order chi connectivity index (χ1) is 12.0. The van der Waals surface area contributed by atoms with Gasteiger partial charge in [-0.25, -0.2) is 0 Å². The van der Waals surface area contributed by atoms with Crippen molar-refractivity contribution in [2.24, 2.45) is 11.8 Å². The number of likely N-dealkylation sites (N-methyl/N-ethyl adjacent to an activating group) is 1. The van der Waals surface area contributed by atoms with Gasteiger partial charge in [0.2, 0.25) is 5.91 Å². The van der Waals surface area contributed by atoms with Gasteiger partial charge in [-0.15, -0.1) is 0 Å². The molecule has 0 radical (unpaired) electrons. The van der Waals surface area contributed by atoms with E-state index in [9.17, 15) is 4.79 Å². The highest BCUT2D eigenvalue weighted by Gasteiger charge is 2.50. The fourth-order valence-electron chi connectivity index (χ4n) is 4.05. The molecule has 1 aromatic heterocycles. The van der Waals surface area contributed by atoms with Gasteiger partial charge >= 0.3 is 0 Å². The van der Waals surface area contributed by atoms with Crippen molar-refractivity contribution < 1.29 is 9.53 Å². The summed E-state index contributed by atoms with van der Waals surface area (Å²) >= 11 is 0. The molecule has 0 aromatic carbocycles. The number of likely N-dealkylation sites (tertiary alicyclic amines) is 2. The predicted octanol–water partition coefficient (Wildman–Crippen LogP) is 2.57. The van der Waals surface area contributed by atoms with Gasteiger partial charge in [0.15, 0.2) is 0 Å². The molecule has 0 aliphatic carbocycles. The quantitative estimate of drug-likeness (QED) is 0.795. The minimum Gasteiger partial charge on any atom is -0.375 e. The zero-order valence-electron chi connectivity index (χ0n) is 15.8. The number of ether oxygens (including phenoxy) is 1. The van der Waals surface area contributed by atoms with E-state index in [4.69, 9.17) is 4.74 Å². The molecule has 3 heterocycles. The SMILES string of the molecule is CC(C)CC(=O)N1CC2(C[C@H](COCc3ccccn3)CCN2C)C1. The Kier molecular flexibility index (Phi) is 5.74. The van der Waals surface area contributed by atoms with Crippen LogP contribution in [0.5, 0.6) is 0 Å². The Bertz CT molecular complexity index is 570. The molecule has 5 heteroatoms. The maximum absolute atomic E-state index is 12.3. The monoisotopic (exact) mass is 345 g/mol. The molecule has 0 bridgehead atoms. The van der Waals surface area contributed by atoms with Crippen LogP contribution < -0.4 is 0 Å². The van der Waals surface area contributed by atoms with Crippen molar-refractivity contribution in [2.75, 3.05) is 33.3 Å². The van der Waals surface area contributed by atoms with Crippen molar-refractivity contribution in [3.05, 3.63) is 30.1 Å². The Morgan fingerprint density at radius 2 is 2.20 bits per heavy atom. The predicted molar refractivity (Wildman–Crippen MR) is 98.0 cm³/mol. The molecule has 1 amide bonds. The smallest absolute Gasteiger partial charge is 0.222 e. The zero-order chi connectivity index (χ0) is 17.9. The van der Waals surface area contributed by atoms with Crippen molar-refractivity contribution in [3.63, 3.8) is 0 Å². The summed E-state index contributed by atoms with van der Waals surface area (Å²) in [6, 6.07) is 5.92. The summed E-state index contributed by atoms with van der Waals surface area (Å²) < 4.78 is 5.92. The van der Waals surface area contributed by atoms with Gasteiger partial charge in [0.1, 0.15) is 0 Å². The Morgan fingerprint density at radius 3 is 2.88 bits per heavy atom. The van der Waals surface area contributed by atoms with Gasteiger partial charge < -0.3 is 9.64 Å². The van der Waals surface area contributed by atoms with Crippen LogP contribution in [-0.2, 0) is 16.1 Å². The molecule has 1 spiro atoms. The lowest BCUT2D eigenvalue weighted by molar-refractivity contribution is -0.152. The van der Waals surface area contributed by atoms with Gasteiger partial charge in [-0.2, -0.15) is 0 Å². The van der Waals surface area contributed by atoms with Crippen LogP contribution in [0.2, 0.25) is 0 Å². The van der Waals surface area contributed by atoms with Crippen LogP contribution in [-0.4, -0.2) is 59.5 Å². The molecule has 0 unspecified atom stereocenters. The lowest BCUT2D eigenvalue weighted by atomic mass is 9.75. The van der Waals surface area contributed by atoms with Crippen molar-refractivity contribution in [1.82, 2.24) is 14.8 Å². The van der Waals surface area contributed by atoms with Gasteiger partial charge in [-0.1, -0.05) is 19.9 Å². The molecule has 1 aromatic rings. The molecule has 2 saturated heterocycles. The molecule has 2 aliphatic rings. The highest BCUT2D eigenvalue weighted by atomic mass is 16.5. The third-order valence-electron chi connectivity index (χ3n) is 5.59. The van der Waals surface area contributed by atoms with Gasteiger partial charge in [-0.05, 0) is 50.4 Å². The van der Waals surface area contributed by atoms with E-state index in [0.717, 1.165) is 38.4 Å². The largest absolute Gasteiger partial charge is 0.375 e. The fourth-order valence-corrected chi connectivity index (χ4v) is 4.05. The van der Waals surface area contributed by atoms with E-state index < -0.39 is 0 Å². The fraction of sp³-hybridized carbons (Fsp3) is 0.700. The molecule has 25 heavy (non-hydrogen) atoms. The average molecular weight is 345 g/mol. The highest BCUT2D eigenvalue weighted by molar-refractivity contribution is 5.77. The lowest BCUT2D eigenvalue weighted by Crippen LogP contribution is -2.72. The molecule has 0 saturated carbocycles. The Balaban J connectivity index is 1.47. The molecule has 0 N–H and O–H groups in total. The number of aromatic nitrogens is 1. The maximum Gasteiger partial charge on any atom is 0.222 e. The van der Waals surface area contributed by atoms with E-state index in [2.05, 4.69) is 30.8 Å². The second kappa shape index (κ2) is 7.83. The van der Waals surface area contributed by atoms with Gasteiger partial charge in [0.05, 0.1) is 24.4 Å². The molecule has 3 rings (SSSR count). The Morgan fingerprint density at radius 1 is 1.40 bits per heavy atom. The van der Waals surface area contributed by atoms with Gasteiger partial charge in [0, 0.05) is 25.7 Å². The van der Waals surface area contributed by atoms with Gasteiger partial charge in [0.25, 0.3) is 0 Å². The first-order valence-corrected chi connectivity index (χ1v) is 9.45. The number of rotatable bonds is 6. The second-order valence-corrected chi connectivity index (χ2v) is 8.19. The molecule has 138 valence electrons. The number of piperidine rings is 1. The summed E-state index contributed by atoms with van der Waals surface area (Å²) in [5.74, 6) is 1.31. The first-order valence-electron chi connectivity index (χ1n) is 9.45. The van der Waals surface area contributed by atoms with E-state index in [0.29, 0.717) is 30.8 Å². The number of nitrogens with zero attached hydrogens (tertiary/aromatic N) is 3. The van der Waals surface area contributed by atoms with Gasteiger partial charge in [-0.3, -0.25) is 14.7 Å². The number of carbonyl (C=O) groups excluding carboxylic acids is 1. The van der Waals surface area contributed by atoms with Crippen molar-refractivity contribution in [3.8, 4) is 0 Å². The molecule has 1 atom stereocenters. The second-order valence-electron chi connectivity index (χ2n) is 8.19. The molecular weight excluding hydrogens is 314 g/mol. The van der Waals surface area contributed by atoms with Crippen LogP contribution in [0, 0.1) is 11.8 Å². The molecule has 5 nitrogen and oxygen atoms in total. The average Bonchev–Trinajstić information content (AvgIpc) is 2.54. The number of carbonyl (C=O) groups is 1. The Labute approximate surface area is 151 Å². The maximum atomic E-state index is 12.3. The van der Waals surface area contributed by atoms with E-state index in [1.165, 1.54) is 6.42 Å². The van der Waals surface area contributed by atoms with Crippen LogP contribution in [0.3, 0.4) is 0 Å². The summed E-state index contributed by atoms with van der Waals surface area (Å²) in [5.41, 5.74) is 1.16. The number of hydrogen-bond acceptors (Lipinski definition) is 4. The third-order valence-corrected chi connectivity index (χ3v) is 5.59. The standard InChI is InChI=1S/C20H31N3O2/c1-16(2)10-19(24)23-14-20(15-23)11-17(7-9-22(20)3)12-25-13-18-6-4-5-8-21-18/h4-6,8,16-17H,7,9-15H2,1-3H3/t17-/m1/s1. The minimum atomic E-state index is 0.171. The molecular formula is C20H31N3O2. The van der Waals surface area contributed by atoms with E-state index in [-0.39, 0.29) is 5.54 Å². The van der Waals surface area contributed by atoms with Crippen LogP contribution >= 0.6 is 0 Å². The molecule has 2 fully saturated rings. The van der Waals surface area contributed by atoms with E-state index in [1.54, 1.807) is 6.20 Å². The molecule has 2 aliphatic heterocycles. The van der Waals surface area contributed by atoms with Crippen LogP contribution in [0.1, 0.15) is 38.8 Å². The highest BCUT2D eigenvalue weighted by Crippen LogP contribution is 2.38. The van der Waals surface area contributed by atoms with Crippen LogP contribution in [0.4, 0.5) is 0 Å². The topological polar surface area (TPSA) is 45.7 Å². The Hall–Kier alpha value is -1.46. The summed E-state index contributed by atoms with van der Waals surface area (Å²) in [7, 11) is 2.20. The lowest BCUT2D eigenvalue weighted by Gasteiger charge is -2.58. The number of pyridine rings is 1. The van der Waals surface area contributed by atoms with Crippen molar-refractivity contribution in [2.45, 2.75) is 45.3 Å². The zero-order valence-corrected chi connectivity index (χ0v) is 15.8. The normalized spacial score (nSPS) is 23.0. The van der Waals surface area contributed by atoms with E-state index in [1.807, 2.05) is 23.1 Å². The third kappa shape index (κ3) is 4.39. The summed E-state index contributed by atoms with van der Waals surface area (Å²) in [5, 5.41) is 0. The summed E-state index contributed by atoms with van der Waals surface area (Å²) in [4.78, 5) is 21.1. The van der Waals surface area contributed by atoms with E-state index >= 15 is 0 Å². The minimum absolute atomic E-state index is 0.171. The number of amides is 1. The first kappa shape index (κ1) is 18.3. The van der Waals surface area contributed by atoms with Crippen molar-refractivity contribution in [1.29, 1.82) is 0 Å². The van der Waals surface area contributed by atoms with Crippen LogP contribution in [0.25, 0.3) is 0 Å². The summed E-state index contributed by atoms with van der Waals surface area (Å²) in [6.07, 6.45) is 4.76. The van der Waals surface area contributed by atoms with Crippen molar-refractivity contribution >= 4 is 5.91 Å². The summed E-state index contributed by atoms with van der Waals surface area (Å²) in [6.45, 7) is 8.43. The number of hydrogen-bond donors (Lipinski definition) is 0.